The molecular formula is C18H14ClN3O2S2. The van der Waals surface area contributed by atoms with Gasteiger partial charge in [-0.25, -0.2) is 9.97 Å². The van der Waals surface area contributed by atoms with Crippen molar-refractivity contribution in [3.63, 3.8) is 0 Å². The van der Waals surface area contributed by atoms with Crippen LogP contribution in [0.15, 0.2) is 40.0 Å². The molecule has 0 spiro atoms. The third-order valence-electron chi connectivity index (χ3n) is 3.73. The Kier molecular flexibility index (Phi) is 4.60. The zero-order valence-corrected chi connectivity index (χ0v) is 16.4. The van der Waals surface area contributed by atoms with Crippen molar-refractivity contribution in [1.29, 1.82) is 0 Å². The van der Waals surface area contributed by atoms with E-state index >= 15 is 0 Å². The normalized spacial score (nSPS) is 11.3. The number of thiazole rings is 1. The SMILES string of the molecule is Cc1cc(C)c2nc(NC(=O)CSc3nc4cc(Cl)ccc4o3)sc2c1. The molecule has 0 aliphatic rings. The molecule has 2 aromatic carbocycles. The van der Waals surface area contributed by atoms with Crippen LogP contribution < -0.4 is 5.32 Å². The molecule has 0 bridgehead atoms. The number of hydrogen-bond donors (Lipinski definition) is 1. The number of oxazole rings is 1. The van der Waals surface area contributed by atoms with E-state index in [4.69, 9.17) is 16.0 Å². The second kappa shape index (κ2) is 6.90. The predicted octanol–water partition coefficient (Wildman–Crippen LogP) is 5.44. The summed E-state index contributed by atoms with van der Waals surface area (Å²) in [4.78, 5) is 21.1. The first-order chi connectivity index (χ1) is 12.5. The standard InChI is InChI=1S/C18H14ClN3O2S2/c1-9-5-10(2)16-14(6-9)26-17(22-16)21-15(23)8-25-18-20-12-7-11(19)3-4-13(12)24-18/h3-7H,8H2,1-2H3,(H,21,22,23). The van der Waals surface area contributed by atoms with Gasteiger partial charge >= 0.3 is 0 Å². The van der Waals surface area contributed by atoms with Gasteiger partial charge in [0.2, 0.25) is 5.91 Å². The van der Waals surface area contributed by atoms with Gasteiger partial charge in [0.25, 0.3) is 5.22 Å². The number of anilines is 1. The number of halogens is 1. The lowest BCUT2D eigenvalue weighted by Crippen LogP contribution is -2.13. The molecule has 8 heteroatoms. The minimum atomic E-state index is -0.149. The molecule has 2 heterocycles. The number of fused-ring (bicyclic) bond motifs is 2. The number of aryl methyl sites for hydroxylation is 2. The van der Waals surface area contributed by atoms with Gasteiger partial charge in [-0.2, -0.15) is 0 Å². The van der Waals surface area contributed by atoms with Crippen LogP contribution >= 0.6 is 34.7 Å². The fourth-order valence-corrected chi connectivity index (χ4v) is 4.51. The predicted molar refractivity (Wildman–Crippen MR) is 107 cm³/mol. The van der Waals surface area contributed by atoms with Gasteiger partial charge in [-0.05, 0) is 49.2 Å². The zero-order chi connectivity index (χ0) is 18.3. The average Bonchev–Trinajstić information content (AvgIpc) is 3.15. The van der Waals surface area contributed by atoms with Crippen molar-refractivity contribution in [2.24, 2.45) is 0 Å². The van der Waals surface area contributed by atoms with Crippen LogP contribution in [0, 0.1) is 13.8 Å². The average molecular weight is 404 g/mol. The van der Waals surface area contributed by atoms with Crippen molar-refractivity contribution in [3.05, 3.63) is 46.5 Å². The van der Waals surface area contributed by atoms with Crippen LogP contribution in [0.3, 0.4) is 0 Å². The number of benzene rings is 2. The summed E-state index contributed by atoms with van der Waals surface area (Å²) >= 11 is 8.65. The van der Waals surface area contributed by atoms with E-state index in [1.54, 1.807) is 18.2 Å². The molecule has 0 saturated carbocycles. The Morgan fingerprint density at radius 1 is 1.27 bits per heavy atom. The quantitative estimate of drug-likeness (QED) is 0.459. The Labute approximate surface area is 162 Å². The molecule has 0 aliphatic heterocycles. The zero-order valence-electron chi connectivity index (χ0n) is 14.0. The second-order valence-electron chi connectivity index (χ2n) is 5.88. The summed E-state index contributed by atoms with van der Waals surface area (Å²) < 4.78 is 6.67. The van der Waals surface area contributed by atoms with Crippen LogP contribution in [0.5, 0.6) is 0 Å². The smallest absolute Gasteiger partial charge is 0.257 e. The maximum absolute atomic E-state index is 12.2. The molecule has 0 aliphatic carbocycles. The summed E-state index contributed by atoms with van der Waals surface area (Å²) in [6.07, 6.45) is 0. The molecule has 5 nitrogen and oxygen atoms in total. The summed E-state index contributed by atoms with van der Waals surface area (Å²) in [6.45, 7) is 4.07. The summed E-state index contributed by atoms with van der Waals surface area (Å²) in [6, 6.07) is 9.40. The van der Waals surface area contributed by atoms with E-state index in [2.05, 4.69) is 34.3 Å². The van der Waals surface area contributed by atoms with Gasteiger partial charge in [0.05, 0.1) is 16.0 Å². The van der Waals surface area contributed by atoms with Crippen LogP contribution in [0.2, 0.25) is 5.02 Å². The minimum absolute atomic E-state index is 0.149. The molecule has 1 N–H and O–H groups in total. The summed E-state index contributed by atoms with van der Waals surface area (Å²) in [5.41, 5.74) is 4.55. The second-order valence-corrected chi connectivity index (χ2v) is 8.27. The van der Waals surface area contributed by atoms with E-state index in [1.165, 1.54) is 28.7 Å². The third kappa shape index (κ3) is 3.56. The van der Waals surface area contributed by atoms with Crippen molar-refractivity contribution >= 4 is 67.1 Å². The van der Waals surface area contributed by atoms with Crippen molar-refractivity contribution < 1.29 is 9.21 Å². The van der Waals surface area contributed by atoms with Crippen LogP contribution in [-0.2, 0) is 4.79 Å². The highest BCUT2D eigenvalue weighted by atomic mass is 35.5. The number of carbonyl (C=O) groups is 1. The number of thioether (sulfide) groups is 1. The fraction of sp³-hybridized carbons (Fsp3) is 0.167. The lowest BCUT2D eigenvalue weighted by atomic mass is 10.1. The van der Waals surface area contributed by atoms with Crippen LogP contribution in [-0.4, -0.2) is 21.6 Å². The Bertz CT molecular complexity index is 1140. The Morgan fingerprint density at radius 3 is 2.96 bits per heavy atom. The first kappa shape index (κ1) is 17.3. The van der Waals surface area contributed by atoms with E-state index < -0.39 is 0 Å². The summed E-state index contributed by atoms with van der Waals surface area (Å²) in [5, 5.41) is 4.49. The highest BCUT2D eigenvalue weighted by molar-refractivity contribution is 7.99. The number of nitrogens with zero attached hydrogens (tertiary/aromatic N) is 2. The van der Waals surface area contributed by atoms with Gasteiger partial charge in [-0.3, -0.25) is 4.79 Å². The lowest BCUT2D eigenvalue weighted by Gasteiger charge is -1.98. The molecule has 4 rings (SSSR count). The molecule has 0 unspecified atom stereocenters. The first-order valence-electron chi connectivity index (χ1n) is 7.84. The fourth-order valence-electron chi connectivity index (χ4n) is 2.65. The summed E-state index contributed by atoms with van der Waals surface area (Å²) in [5.74, 6) is 0.0396. The van der Waals surface area contributed by atoms with E-state index in [0.717, 1.165) is 15.8 Å². The van der Waals surface area contributed by atoms with E-state index in [9.17, 15) is 4.79 Å². The van der Waals surface area contributed by atoms with Crippen LogP contribution in [0.1, 0.15) is 11.1 Å². The first-order valence-corrected chi connectivity index (χ1v) is 10.0. The highest BCUT2D eigenvalue weighted by Gasteiger charge is 2.13. The van der Waals surface area contributed by atoms with E-state index in [1.807, 2.05) is 6.92 Å². The van der Waals surface area contributed by atoms with Gasteiger partial charge in [-0.1, -0.05) is 40.8 Å². The lowest BCUT2D eigenvalue weighted by molar-refractivity contribution is -0.113. The third-order valence-corrected chi connectivity index (χ3v) is 5.71. The van der Waals surface area contributed by atoms with Crippen molar-refractivity contribution in [2.75, 3.05) is 11.1 Å². The molecule has 0 radical (unpaired) electrons. The van der Waals surface area contributed by atoms with Crippen LogP contribution in [0.4, 0.5) is 5.13 Å². The molecular weight excluding hydrogens is 390 g/mol. The molecule has 0 atom stereocenters. The van der Waals surface area contributed by atoms with Crippen molar-refractivity contribution in [1.82, 2.24) is 9.97 Å². The maximum Gasteiger partial charge on any atom is 0.257 e. The maximum atomic E-state index is 12.2. The largest absolute Gasteiger partial charge is 0.431 e. The van der Waals surface area contributed by atoms with Crippen LogP contribution in [0.25, 0.3) is 21.3 Å². The van der Waals surface area contributed by atoms with E-state index in [0.29, 0.717) is 26.5 Å². The van der Waals surface area contributed by atoms with Crippen molar-refractivity contribution in [3.8, 4) is 0 Å². The van der Waals surface area contributed by atoms with Crippen molar-refractivity contribution in [2.45, 2.75) is 19.1 Å². The number of nitrogens with one attached hydrogen (secondary N) is 1. The minimum Gasteiger partial charge on any atom is -0.431 e. The van der Waals surface area contributed by atoms with Gasteiger partial charge in [0.15, 0.2) is 10.7 Å². The highest BCUT2D eigenvalue weighted by Crippen LogP contribution is 2.30. The Morgan fingerprint density at radius 2 is 2.12 bits per heavy atom. The Hall–Kier alpha value is -2.09. The number of hydrogen-bond acceptors (Lipinski definition) is 6. The molecule has 2 aromatic heterocycles. The van der Waals surface area contributed by atoms with Gasteiger partial charge < -0.3 is 9.73 Å². The molecule has 0 fully saturated rings. The molecule has 0 saturated heterocycles. The van der Waals surface area contributed by atoms with Gasteiger partial charge in [0.1, 0.15) is 5.52 Å². The monoisotopic (exact) mass is 403 g/mol. The molecule has 1 amide bonds. The number of aromatic nitrogens is 2. The van der Waals surface area contributed by atoms with Gasteiger partial charge in [-0.15, -0.1) is 0 Å². The van der Waals surface area contributed by atoms with E-state index in [-0.39, 0.29) is 11.7 Å². The number of carbonyl (C=O) groups excluding carboxylic acids is 1. The summed E-state index contributed by atoms with van der Waals surface area (Å²) in [7, 11) is 0. The number of rotatable bonds is 4. The molecule has 132 valence electrons. The Balaban J connectivity index is 1.44. The number of amides is 1. The van der Waals surface area contributed by atoms with Gasteiger partial charge in [0, 0.05) is 5.02 Å². The molecule has 4 aromatic rings. The molecule has 26 heavy (non-hydrogen) atoms. The topological polar surface area (TPSA) is 68.0 Å².